The van der Waals surface area contributed by atoms with Crippen molar-refractivity contribution >= 4 is 23.5 Å². The Hall–Kier alpha value is -1.55. The number of benzene rings is 1. The normalized spacial score (nSPS) is 11.0. The molecule has 5 heteroatoms. The van der Waals surface area contributed by atoms with Crippen LogP contribution in [-0.2, 0) is 16.0 Å². The summed E-state index contributed by atoms with van der Waals surface area (Å²) in [6.45, 7) is 0. The zero-order valence-electron chi connectivity index (χ0n) is 7.68. The lowest BCUT2D eigenvalue weighted by molar-refractivity contribution is -0.152. The molecule has 0 heterocycles. The fraction of sp³-hybridized carbons (Fsp3) is 0.200. The van der Waals surface area contributed by atoms with Crippen LogP contribution in [0.5, 0.6) is 0 Å². The quantitative estimate of drug-likeness (QED) is 0.603. The molecule has 0 bridgehead atoms. The number of hydrogen-bond acceptors (Lipinski definition) is 2. The molecular weight excluding hydrogens is 220 g/mol. The summed E-state index contributed by atoms with van der Waals surface area (Å²) in [5.41, 5.74) is 0.567. The molecule has 0 spiro atoms. The van der Waals surface area contributed by atoms with Crippen molar-refractivity contribution in [2.24, 2.45) is 0 Å². The molecule has 2 N–H and O–H groups in total. The van der Waals surface area contributed by atoms with Crippen molar-refractivity contribution < 1.29 is 19.8 Å². The van der Waals surface area contributed by atoms with Gasteiger partial charge in [0, 0.05) is 6.42 Å². The maximum Gasteiger partial charge on any atom is 0.336 e. The first-order chi connectivity index (χ1) is 6.97. The van der Waals surface area contributed by atoms with Crippen LogP contribution in [-0.4, -0.2) is 27.0 Å². The average molecular weight is 229 g/mol. The molecular formula is C10H9ClO4. The fourth-order valence-corrected chi connectivity index (χ4v) is 1.27. The summed E-state index contributed by atoms with van der Waals surface area (Å²) in [6, 6.07) is 8.39. The van der Waals surface area contributed by atoms with Gasteiger partial charge in [0.1, 0.15) is 0 Å². The van der Waals surface area contributed by atoms with Crippen molar-refractivity contribution in [1.29, 1.82) is 0 Å². The van der Waals surface area contributed by atoms with Crippen molar-refractivity contribution in [3.8, 4) is 0 Å². The number of carbonyl (C=O) groups is 2. The standard InChI is InChI=1S/C10H9ClO4/c11-10(8(12)13,9(14)15)6-7-4-2-1-3-5-7/h1-5H,6H2,(H,12,13)(H,14,15). The molecule has 15 heavy (non-hydrogen) atoms. The molecule has 1 aromatic carbocycles. The van der Waals surface area contributed by atoms with Gasteiger partial charge in [0.2, 0.25) is 4.87 Å². The van der Waals surface area contributed by atoms with Gasteiger partial charge in [0.25, 0.3) is 0 Å². The first kappa shape index (κ1) is 11.5. The predicted molar refractivity (Wildman–Crippen MR) is 54.0 cm³/mol. The van der Waals surface area contributed by atoms with Crippen LogP contribution in [0.25, 0.3) is 0 Å². The third-order valence-corrected chi connectivity index (χ3v) is 2.43. The van der Waals surface area contributed by atoms with E-state index in [0.717, 1.165) is 0 Å². The van der Waals surface area contributed by atoms with E-state index >= 15 is 0 Å². The third-order valence-electron chi connectivity index (χ3n) is 1.97. The average Bonchev–Trinajstić information content (AvgIpc) is 2.18. The van der Waals surface area contributed by atoms with E-state index in [-0.39, 0.29) is 6.42 Å². The summed E-state index contributed by atoms with van der Waals surface area (Å²) in [4.78, 5) is 19.2. The van der Waals surface area contributed by atoms with Crippen LogP contribution in [0.2, 0.25) is 0 Å². The maximum absolute atomic E-state index is 10.8. The molecule has 0 atom stereocenters. The van der Waals surface area contributed by atoms with Gasteiger partial charge in [-0.3, -0.25) is 0 Å². The second kappa shape index (κ2) is 4.31. The Bertz CT molecular complexity index is 360. The van der Waals surface area contributed by atoms with E-state index in [1.165, 1.54) is 0 Å². The highest BCUT2D eigenvalue weighted by Crippen LogP contribution is 2.22. The highest BCUT2D eigenvalue weighted by Gasteiger charge is 2.44. The van der Waals surface area contributed by atoms with Gasteiger partial charge in [-0.2, -0.15) is 0 Å². The van der Waals surface area contributed by atoms with Crippen molar-refractivity contribution in [3.63, 3.8) is 0 Å². The van der Waals surface area contributed by atoms with Crippen molar-refractivity contribution in [2.75, 3.05) is 0 Å². The van der Waals surface area contributed by atoms with Crippen LogP contribution in [0.15, 0.2) is 30.3 Å². The Balaban J connectivity index is 2.95. The fourth-order valence-electron chi connectivity index (χ4n) is 1.12. The Labute approximate surface area is 91.1 Å². The number of hydrogen-bond donors (Lipinski definition) is 2. The topological polar surface area (TPSA) is 74.6 Å². The minimum atomic E-state index is -2.29. The second-order valence-electron chi connectivity index (χ2n) is 3.07. The van der Waals surface area contributed by atoms with Crippen LogP contribution < -0.4 is 0 Å². The van der Waals surface area contributed by atoms with E-state index in [0.29, 0.717) is 5.56 Å². The smallest absolute Gasteiger partial charge is 0.336 e. The lowest BCUT2D eigenvalue weighted by atomic mass is 9.99. The van der Waals surface area contributed by atoms with Gasteiger partial charge in [-0.25, -0.2) is 9.59 Å². The largest absolute Gasteiger partial charge is 0.479 e. The molecule has 1 aromatic rings. The summed E-state index contributed by atoms with van der Waals surface area (Å²) < 4.78 is 0. The van der Waals surface area contributed by atoms with E-state index in [2.05, 4.69) is 0 Å². The van der Waals surface area contributed by atoms with Crippen molar-refractivity contribution in [2.45, 2.75) is 11.3 Å². The first-order valence-corrected chi connectivity index (χ1v) is 4.54. The summed E-state index contributed by atoms with van der Waals surface area (Å²) in [6.07, 6.45) is -0.250. The molecule has 0 aromatic heterocycles. The van der Waals surface area contributed by atoms with Crippen molar-refractivity contribution in [1.82, 2.24) is 0 Å². The Morgan fingerprint density at radius 1 is 1.13 bits per heavy atom. The summed E-state index contributed by atoms with van der Waals surface area (Å²) in [5, 5.41) is 17.5. The number of halogens is 1. The molecule has 4 nitrogen and oxygen atoms in total. The minimum absolute atomic E-state index is 0.250. The molecule has 0 unspecified atom stereocenters. The third kappa shape index (κ3) is 2.47. The number of alkyl halides is 1. The number of carboxylic acids is 2. The van der Waals surface area contributed by atoms with Gasteiger partial charge >= 0.3 is 11.9 Å². The minimum Gasteiger partial charge on any atom is -0.479 e. The van der Waals surface area contributed by atoms with E-state index in [4.69, 9.17) is 21.8 Å². The SMILES string of the molecule is O=C(O)C(Cl)(Cc1ccccc1)C(=O)O. The van der Waals surface area contributed by atoms with Gasteiger partial charge < -0.3 is 10.2 Å². The lowest BCUT2D eigenvalue weighted by Gasteiger charge is -2.16. The van der Waals surface area contributed by atoms with Gasteiger partial charge in [-0.05, 0) is 5.56 Å². The van der Waals surface area contributed by atoms with E-state index < -0.39 is 16.8 Å². The first-order valence-electron chi connectivity index (χ1n) is 4.16. The molecule has 1 rings (SSSR count). The monoisotopic (exact) mass is 228 g/mol. The highest BCUT2D eigenvalue weighted by atomic mass is 35.5. The molecule has 0 aliphatic rings. The van der Waals surface area contributed by atoms with Crippen LogP contribution >= 0.6 is 11.6 Å². The number of rotatable bonds is 4. The maximum atomic E-state index is 10.8. The van der Waals surface area contributed by atoms with Crippen LogP contribution in [0.4, 0.5) is 0 Å². The molecule has 0 saturated carbocycles. The molecule has 0 saturated heterocycles. The summed E-state index contributed by atoms with van der Waals surface area (Å²) in [5.74, 6) is -3.11. The Morgan fingerprint density at radius 2 is 1.60 bits per heavy atom. The predicted octanol–water partition coefficient (Wildman–Crippen LogP) is 1.38. The highest BCUT2D eigenvalue weighted by molar-refractivity contribution is 6.44. The van der Waals surface area contributed by atoms with Crippen LogP contribution in [0, 0.1) is 0 Å². The molecule has 80 valence electrons. The molecule has 0 aliphatic carbocycles. The Morgan fingerprint density at radius 3 is 2.00 bits per heavy atom. The second-order valence-corrected chi connectivity index (χ2v) is 3.72. The molecule has 0 aliphatic heterocycles. The van der Waals surface area contributed by atoms with Gasteiger partial charge in [-0.1, -0.05) is 41.9 Å². The van der Waals surface area contributed by atoms with E-state index in [1.807, 2.05) is 0 Å². The summed E-state index contributed by atoms with van der Waals surface area (Å²) in [7, 11) is 0. The summed E-state index contributed by atoms with van der Waals surface area (Å²) >= 11 is 5.54. The Kier molecular flexibility index (Phi) is 3.31. The van der Waals surface area contributed by atoms with Gasteiger partial charge in [0.05, 0.1) is 0 Å². The van der Waals surface area contributed by atoms with Gasteiger partial charge in [0.15, 0.2) is 0 Å². The number of aliphatic carboxylic acids is 2. The van der Waals surface area contributed by atoms with Crippen molar-refractivity contribution in [3.05, 3.63) is 35.9 Å². The number of carboxylic acid groups (broad SMARTS) is 2. The van der Waals surface area contributed by atoms with E-state index in [9.17, 15) is 9.59 Å². The molecule has 0 fully saturated rings. The zero-order chi connectivity index (χ0) is 11.5. The van der Waals surface area contributed by atoms with E-state index in [1.54, 1.807) is 30.3 Å². The molecule has 0 amide bonds. The lowest BCUT2D eigenvalue weighted by Crippen LogP contribution is -2.43. The molecule has 0 radical (unpaired) electrons. The van der Waals surface area contributed by atoms with Crippen LogP contribution in [0.3, 0.4) is 0 Å². The zero-order valence-corrected chi connectivity index (χ0v) is 8.44. The van der Waals surface area contributed by atoms with Crippen LogP contribution in [0.1, 0.15) is 5.56 Å². The van der Waals surface area contributed by atoms with Gasteiger partial charge in [-0.15, -0.1) is 0 Å².